The summed E-state index contributed by atoms with van der Waals surface area (Å²) in [6.45, 7) is 4.98. The minimum absolute atomic E-state index is 0.0464. The molecule has 1 fully saturated rings. The van der Waals surface area contributed by atoms with Gasteiger partial charge < -0.3 is 4.90 Å². The van der Waals surface area contributed by atoms with Gasteiger partial charge in [-0.15, -0.1) is 0 Å². The monoisotopic (exact) mass is 276 g/mol. The number of nitrogens with zero attached hydrogens (tertiary/aromatic N) is 6. The average Bonchev–Trinajstić information content (AvgIpc) is 2.49. The van der Waals surface area contributed by atoms with Crippen molar-refractivity contribution in [1.82, 2.24) is 14.9 Å². The van der Waals surface area contributed by atoms with E-state index < -0.39 is 4.92 Å². The zero-order chi connectivity index (χ0) is 14.5. The van der Waals surface area contributed by atoms with Crippen LogP contribution in [0.1, 0.15) is 13.3 Å². The fraction of sp³-hybridized carbons (Fsp3) is 0.583. The fourth-order valence-corrected chi connectivity index (χ4v) is 2.24. The predicted molar refractivity (Wildman–Crippen MR) is 72.2 cm³/mol. The summed E-state index contributed by atoms with van der Waals surface area (Å²) < 4.78 is 0. The molecule has 2 rings (SSSR count). The van der Waals surface area contributed by atoms with Crippen LogP contribution in [0.3, 0.4) is 0 Å². The van der Waals surface area contributed by atoms with Gasteiger partial charge in [-0.25, -0.2) is 9.97 Å². The van der Waals surface area contributed by atoms with E-state index in [1.54, 1.807) is 0 Å². The summed E-state index contributed by atoms with van der Waals surface area (Å²) in [6, 6.07) is 2.25. The highest BCUT2D eigenvalue weighted by atomic mass is 16.6. The molecule has 0 N–H and O–H groups in total. The zero-order valence-electron chi connectivity index (χ0n) is 11.3. The van der Waals surface area contributed by atoms with Crippen molar-refractivity contribution in [2.75, 3.05) is 31.1 Å². The topological polar surface area (TPSA) is 99.2 Å². The highest BCUT2D eigenvalue weighted by Gasteiger charge is 2.24. The third kappa shape index (κ3) is 3.00. The van der Waals surface area contributed by atoms with E-state index in [-0.39, 0.29) is 11.7 Å². The Kier molecular flexibility index (Phi) is 4.42. The summed E-state index contributed by atoms with van der Waals surface area (Å²) in [5, 5.41) is 19.6. The van der Waals surface area contributed by atoms with Crippen LogP contribution in [-0.2, 0) is 0 Å². The van der Waals surface area contributed by atoms with E-state index in [4.69, 9.17) is 5.26 Å². The number of nitro groups is 1. The van der Waals surface area contributed by atoms with Gasteiger partial charge in [0.2, 0.25) is 5.95 Å². The van der Waals surface area contributed by atoms with Crippen LogP contribution in [0.4, 0.5) is 11.6 Å². The maximum absolute atomic E-state index is 10.5. The van der Waals surface area contributed by atoms with Crippen LogP contribution in [0.15, 0.2) is 12.4 Å². The number of nitriles is 1. The summed E-state index contributed by atoms with van der Waals surface area (Å²) in [5.74, 6) is 0.500. The molecule has 0 aromatic carbocycles. The first-order valence-electron chi connectivity index (χ1n) is 6.50. The molecule has 1 aliphatic rings. The molecular formula is C12H16N6O2. The predicted octanol–water partition coefficient (Wildman–Crippen LogP) is 0.809. The van der Waals surface area contributed by atoms with Crippen LogP contribution in [-0.4, -0.2) is 52.0 Å². The lowest BCUT2D eigenvalue weighted by atomic mass is 10.2. The second-order valence-electron chi connectivity index (χ2n) is 4.57. The van der Waals surface area contributed by atoms with Gasteiger partial charge in [-0.05, 0) is 6.42 Å². The normalized spacial score (nSPS) is 17.5. The molecule has 1 unspecified atom stereocenters. The molecule has 0 saturated carbocycles. The first kappa shape index (κ1) is 14.1. The molecular weight excluding hydrogens is 260 g/mol. The maximum atomic E-state index is 10.5. The molecule has 0 amide bonds. The quantitative estimate of drug-likeness (QED) is 0.592. The van der Waals surface area contributed by atoms with Gasteiger partial charge in [0.05, 0.1) is 17.0 Å². The second-order valence-corrected chi connectivity index (χ2v) is 4.57. The number of rotatable bonds is 4. The van der Waals surface area contributed by atoms with Gasteiger partial charge in [0, 0.05) is 26.2 Å². The SMILES string of the molecule is CCC(C#N)N1CCN(c2ncc([N+](=O)[O-])cn2)CC1. The minimum Gasteiger partial charge on any atom is -0.338 e. The molecule has 1 aliphatic heterocycles. The van der Waals surface area contributed by atoms with Crippen molar-refractivity contribution in [2.45, 2.75) is 19.4 Å². The highest BCUT2D eigenvalue weighted by Crippen LogP contribution is 2.15. The average molecular weight is 276 g/mol. The molecule has 20 heavy (non-hydrogen) atoms. The minimum atomic E-state index is -0.513. The van der Waals surface area contributed by atoms with Crippen LogP contribution in [0, 0.1) is 21.4 Å². The van der Waals surface area contributed by atoms with Crippen LogP contribution in [0.5, 0.6) is 0 Å². The first-order chi connectivity index (χ1) is 9.65. The molecule has 1 aromatic rings. The maximum Gasteiger partial charge on any atom is 0.305 e. The standard InChI is InChI=1S/C12H16N6O2/c1-2-10(7-13)16-3-5-17(6-4-16)12-14-8-11(9-15-12)18(19)20/h8-10H,2-6H2,1H3. The highest BCUT2D eigenvalue weighted by molar-refractivity contribution is 5.34. The Balaban J connectivity index is 1.97. The van der Waals surface area contributed by atoms with E-state index in [2.05, 4.69) is 20.9 Å². The summed E-state index contributed by atoms with van der Waals surface area (Å²) >= 11 is 0. The zero-order valence-corrected chi connectivity index (χ0v) is 11.3. The second kappa shape index (κ2) is 6.25. The van der Waals surface area contributed by atoms with Crippen molar-refractivity contribution in [3.8, 4) is 6.07 Å². The fourth-order valence-electron chi connectivity index (χ4n) is 2.24. The third-order valence-corrected chi connectivity index (χ3v) is 3.41. The third-order valence-electron chi connectivity index (χ3n) is 3.41. The molecule has 8 nitrogen and oxygen atoms in total. The van der Waals surface area contributed by atoms with Crippen molar-refractivity contribution in [1.29, 1.82) is 5.26 Å². The summed E-state index contributed by atoms with van der Waals surface area (Å²) in [6.07, 6.45) is 3.25. The molecule has 0 aliphatic carbocycles. The van der Waals surface area contributed by atoms with Crippen LogP contribution >= 0.6 is 0 Å². The van der Waals surface area contributed by atoms with Crippen molar-refractivity contribution in [3.05, 3.63) is 22.5 Å². The van der Waals surface area contributed by atoms with Gasteiger partial charge in [0.1, 0.15) is 12.4 Å². The molecule has 1 aromatic heterocycles. The van der Waals surface area contributed by atoms with Crippen molar-refractivity contribution in [3.63, 3.8) is 0 Å². The summed E-state index contributed by atoms with van der Waals surface area (Å²) in [7, 11) is 0. The molecule has 2 heterocycles. The Morgan fingerprint density at radius 3 is 2.45 bits per heavy atom. The van der Waals surface area contributed by atoms with Crippen molar-refractivity contribution >= 4 is 11.6 Å². The van der Waals surface area contributed by atoms with Gasteiger partial charge >= 0.3 is 5.69 Å². The number of hydrogen-bond donors (Lipinski definition) is 0. The van der Waals surface area contributed by atoms with Crippen molar-refractivity contribution in [2.24, 2.45) is 0 Å². The number of piperazine rings is 1. The molecule has 106 valence electrons. The van der Waals surface area contributed by atoms with Crippen LogP contribution in [0.2, 0.25) is 0 Å². The van der Waals surface area contributed by atoms with Gasteiger partial charge in [-0.2, -0.15) is 5.26 Å². The summed E-state index contributed by atoms with van der Waals surface area (Å²) in [4.78, 5) is 22.2. The van der Waals surface area contributed by atoms with Crippen LogP contribution in [0.25, 0.3) is 0 Å². The molecule has 8 heteroatoms. The molecule has 0 radical (unpaired) electrons. The van der Waals surface area contributed by atoms with Crippen LogP contribution < -0.4 is 4.90 Å². The van der Waals surface area contributed by atoms with E-state index in [9.17, 15) is 10.1 Å². The lowest BCUT2D eigenvalue weighted by Crippen LogP contribution is -2.50. The first-order valence-corrected chi connectivity index (χ1v) is 6.50. The molecule has 1 atom stereocenters. The molecule has 1 saturated heterocycles. The van der Waals surface area contributed by atoms with Gasteiger partial charge in [-0.3, -0.25) is 15.0 Å². The number of aromatic nitrogens is 2. The lowest BCUT2D eigenvalue weighted by Gasteiger charge is -2.36. The Morgan fingerprint density at radius 1 is 1.40 bits per heavy atom. The lowest BCUT2D eigenvalue weighted by molar-refractivity contribution is -0.385. The Hall–Kier alpha value is -2.27. The van der Waals surface area contributed by atoms with E-state index in [0.29, 0.717) is 5.95 Å². The molecule has 0 bridgehead atoms. The molecule has 0 spiro atoms. The number of hydrogen-bond acceptors (Lipinski definition) is 7. The summed E-state index contributed by atoms with van der Waals surface area (Å²) in [5.41, 5.74) is -0.108. The van der Waals surface area contributed by atoms with E-state index in [1.807, 2.05) is 11.8 Å². The largest absolute Gasteiger partial charge is 0.338 e. The van der Waals surface area contributed by atoms with E-state index >= 15 is 0 Å². The Morgan fingerprint density at radius 2 is 2.00 bits per heavy atom. The Bertz CT molecular complexity index is 504. The Labute approximate surface area is 116 Å². The van der Waals surface area contributed by atoms with E-state index in [1.165, 1.54) is 12.4 Å². The van der Waals surface area contributed by atoms with Gasteiger partial charge in [0.25, 0.3) is 0 Å². The smallest absolute Gasteiger partial charge is 0.305 e. The van der Waals surface area contributed by atoms with Gasteiger partial charge in [0.15, 0.2) is 0 Å². The van der Waals surface area contributed by atoms with Gasteiger partial charge in [-0.1, -0.05) is 6.92 Å². The number of anilines is 1. The van der Waals surface area contributed by atoms with Crippen molar-refractivity contribution < 1.29 is 4.92 Å². The van der Waals surface area contributed by atoms with E-state index in [0.717, 1.165) is 32.6 Å².